The molecule has 1 aromatic heterocycles. The molecule has 0 amide bonds. The summed E-state index contributed by atoms with van der Waals surface area (Å²) >= 11 is 0. The molecule has 0 aliphatic rings. The quantitative estimate of drug-likeness (QED) is 0.637. The highest BCUT2D eigenvalue weighted by Crippen LogP contribution is 2.20. The van der Waals surface area contributed by atoms with Crippen molar-refractivity contribution in [2.24, 2.45) is 0 Å². The monoisotopic (exact) mass is 249 g/mol. The van der Waals surface area contributed by atoms with Gasteiger partial charge in [0.25, 0.3) is 0 Å². The van der Waals surface area contributed by atoms with Crippen LogP contribution < -0.4 is 0 Å². The summed E-state index contributed by atoms with van der Waals surface area (Å²) in [6.45, 7) is 3.26. The second-order valence-corrected chi connectivity index (χ2v) is 5.11. The van der Waals surface area contributed by atoms with E-state index in [1.165, 1.54) is 28.5 Å². The minimum atomic E-state index is 1.09. The van der Waals surface area contributed by atoms with Crippen molar-refractivity contribution in [3.8, 4) is 0 Å². The maximum atomic E-state index is 2.37. The van der Waals surface area contributed by atoms with Crippen LogP contribution in [0.1, 0.15) is 17.5 Å². The molecule has 0 N–H and O–H groups in total. The van der Waals surface area contributed by atoms with Crippen LogP contribution in [0.2, 0.25) is 0 Å². The lowest BCUT2D eigenvalue weighted by Gasteiger charge is -2.06. The van der Waals surface area contributed by atoms with Gasteiger partial charge in [-0.1, -0.05) is 42.5 Å². The first kappa shape index (κ1) is 12.0. The van der Waals surface area contributed by atoms with Crippen molar-refractivity contribution in [1.82, 2.24) is 4.57 Å². The molecule has 19 heavy (non-hydrogen) atoms. The number of fused-ring (bicyclic) bond motifs is 1. The van der Waals surface area contributed by atoms with Crippen LogP contribution in [0.5, 0.6) is 0 Å². The Morgan fingerprint density at radius 3 is 2.58 bits per heavy atom. The highest BCUT2D eigenvalue weighted by Gasteiger charge is 2.02. The van der Waals surface area contributed by atoms with Gasteiger partial charge in [0.05, 0.1) is 0 Å². The molecule has 0 spiro atoms. The predicted octanol–water partition coefficient (Wildman–Crippen LogP) is 4.58. The Balaban J connectivity index is 1.71. The topological polar surface area (TPSA) is 4.93 Å². The Hall–Kier alpha value is -2.02. The van der Waals surface area contributed by atoms with Gasteiger partial charge in [-0.2, -0.15) is 0 Å². The van der Waals surface area contributed by atoms with Crippen molar-refractivity contribution in [1.29, 1.82) is 0 Å². The lowest BCUT2D eigenvalue weighted by Crippen LogP contribution is -1.98. The minimum absolute atomic E-state index is 1.09. The summed E-state index contributed by atoms with van der Waals surface area (Å²) in [7, 11) is 0. The zero-order valence-corrected chi connectivity index (χ0v) is 11.3. The molecular formula is C18H19N. The van der Waals surface area contributed by atoms with E-state index in [4.69, 9.17) is 0 Å². The molecule has 0 fully saturated rings. The zero-order chi connectivity index (χ0) is 13.1. The number of benzene rings is 2. The van der Waals surface area contributed by atoms with Crippen LogP contribution in [-0.2, 0) is 13.0 Å². The summed E-state index contributed by atoms with van der Waals surface area (Å²) in [5, 5.41) is 1.38. The number of hydrogen-bond acceptors (Lipinski definition) is 0. The fraction of sp³-hybridized carbons (Fsp3) is 0.222. The van der Waals surface area contributed by atoms with Gasteiger partial charge < -0.3 is 4.57 Å². The number of nitrogens with zero attached hydrogens (tertiary/aromatic N) is 1. The number of hydrogen-bond donors (Lipinski definition) is 0. The SMILES string of the molecule is Cc1cccc2c1ccn2CCCc1ccccc1. The van der Waals surface area contributed by atoms with Gasteiger partial charge in [0.1, 0.15) is 0 Å². The fourth-order valence-electron chi connectivity index (χ4n) is 2.67. The Morgan fingerprint density at radius 2 is 1.74 bits per heavy atom. The first-order valence-corrected chi connectivity index (χ1v) is 6.93. The van der Waals surface area contributed by atoms with Crippen LogP contribution in [0.4, 0.5) is 0 Å². The molecule has 3 aromatic rings. The number of aromatic nitrogens is 1. The van der Waals surface area contributed by atoms with Crippen LogP contribution in [0.25, 0.3) is 10.9 Å². The Kier molecular flexibility index (Phi) is 3.37. The molecule has 96 valence electrons. The molecule has 0 saturated carbocycles. The molecule has 1 nitrogen and oxygen atoms in total. The summed E-state index contributed by atoms with van der Waals surface area (Å²) in [6.07, 6.45) is 4.54. The van der Waals surface area contributed by atoms with E-state index >= 15 is 0 Å². The zero-order valence-electron chi connectivity index (χ0n) is 11.3. The third kappa shape index (κ3) is 2.55. The van der Waals surface area contributed by atoms with Gasteiger partial charge >= 0.3 is 0 Å². The van der Waals surface area contributed by atoms with E-state index in [1.807, 2.05) is 0 Å². The van der Waals surface area contributed by atoms with Crippen molar-refractivity contribution in [2.45, 2.75) is 26.3 Å². The molecule has 0 aliphatic heterocycles. The number of rotatable bonds is 4. The van der Waals surface area contributed by atoms with Gasteiger partial charge in [-0.15, -0.1) is 0 Å². The molecule has 0 unspecified atom stereocenters. The van der Waals surface area contributed by atoms with E-state index in [0.717, 1.165) is 13.0 Å². The smallest absolute Gasteiger partial charge is 0.0482 e. The second-order valence-electron chi connectivity index (χ2n) is 5.11. The summed E-state index contributed by atoms with van der Waals surface area (Å²) in [6, 6.07) is 19.5. The Labute approximate surface area is 114 Å². The maximum Gasteiger partial charge on any atom is 0.0482 e. The van der Waals surface area contributed by atoms with E-state index < -0.39 is 0 Å². The first-order valence-electron chi connectivity index (χ1n) is 6.93. The van der Waals surface area contributed by atoms with Crippen molar-refractivity contribution >= 4 is 10.9 Å². The van der Waals surface area contributed by atoms with E-state index in [0.29, 0.717) is 0 Å². The second kappa shape index (κ2) is 5.31. The molecule has 0 bridgehead atoms. The molecule has 0 atom stereocenters. The fourth-order valence-corrected chi connectivity index (χ4v) is 2.67. The average molecular weight is 249 g/mol. The first-order chi connectivity index (χ1) is 9.34. The molecule has 0 radical (unpaired) electrons. The molecule has 0 saturated heterocycles. The van der Waals surface area contributed by atoms with Crippen LogP contribution >= 0.6 is 0 Å². The van der Waals surface area contributed by atoms with Crippen LogP contribution in [0.15, 0.2) is 60.8 Å². The highest BCUT2D eigenvalue weighted by atomic mass is 14.9. The summed E-state index contributed by atoms with van der Waals surface area (Å²) in [4.78, 5) is 0. The van der Waals surface area contributed by atoms with Crippen LogP contribution in [0, 0.1) is 6.92 Å². The summed E-state index contributed by atoms with van der Waals surface area (Å²) in [5.74, 6) is 0. The van der Waals surface area contributed by atoms with Crippen LogP contribution in [-0.4, -0.2) is 4.57 Å². The third-order valence-corrected chi connectivity index (χ3v) is 3.74. The maximum absolute atomic E-state index is 2.37. The Bertz CT molecular complexity index is 664. The van der Waals surface area contributed by atoms with Gasteiger partial charge in [-0.05, 0) is 43.0 Å². The van der Waals surface area contributed by atoms with Crippen molar-refractivity contribution < 1.29 is 0 Å². The molecule has 1 heteroatoms. The third-order valence-electron chi connectivity index (χ3n) is 3.74. The Morgan fingerprint density at radius 1 is 0.895 bits per heavy atom. The van der Waals surface area contributed by atoms with E-state index in [1.54, 1.807) is 0 Å². The molecule has 2 aromatic carbocycles. The molecule has 1 heterocycles. The minimum Gasteiger partial charge on any atom is -0.347 e. The predicted molar refractivity (Wildman–Crippen MR) is 81.4 cm³/mol. The standard InChI is InChI=1S/C18H19N/c1-15-7-5-11-18-17(15)12-14-19(18)13-6-10-16-8-3-2-4-9-16/h2-5,7-9,11-12,14H,6,10,13H2,1H3. The summed E-state index contributed by atoms with van der Waals surface area (Å²) < 4.78 is 2.37. The van der Waals surface area contributed by atoms with Crippen molar-refractivity contribution in [2.75, 3.05) is 0 Å². The number of aryl methyl sites for hydroxylation is 3. The normalized spacial score (nSPS) is 11.0. The lowest BCUT2D eigenvalue weighted by molar-refractivity contribution is 0.662. The van der Waals surface area contributed by atoms with Gasteiger partial charge in [-0.25, -0.2) is 0 Å². The van der Waals surface area contributed by atoms with E-state index in [-0.39, 0.29) is 0 Å². The lowest BCUT2D eigenvalue weighted by atomic mass is 10.1. The van der Waals surface area contributed by atoms with Crippen molar-refractivity contribution in [3.63, 3.8) is 0 Å². The van der Waals surface area contributed by atoms with Gasteiger partial charge in [0.2, 0.25) is 0 Å². The van der Waals surface area contributed by atoms with E-state index in [2.05, 4.69) is 72.3 Å². The van der Waals surface area contributed by atoms with E-state index in [9.17, 15) is 0 Å². The highest BCUT2D eigenvalue weighted by molar-refractivity contribution is 5.83. The molecule has 0 aliphatic carbocycles. The average Bonchev–Trinajstić information content (AvgIpc) is 2.85. The molecule has 3 rings (SSSR count). The summed E-state index contributed by atoms with van der Waals surface area (Å²) in [5.41, 5.74) is 4.14. The van der Waals surface area contributed by atoms with Gasteiger partial charge in [0.15, 0.2) is 0 Å². The largest absolute Gasteiger partial charge is 0.347 e. The van der Waals surface area contributed by atoms with Gasteiger partial charge in [0, 0.05) is 23.6 Å². The molecular weight excluding hydrogens is 230 g/mol. The van der Waals surface area contributed by atoms with Crippen LogP contribution in [0.3, 0.4) is 0 Å². The van der Waals surface area contributed by atoms with Gasteiger partial charge in [-0.3, -0.25) is 0 Å². The van der Waals surface area contributed by atoms with Crippen molar-refractivity contribution in [3.05, 3.63) is 71.9 Å².